The van der Waals surface area contributed by atoms with Crippen LogP contribution < -0.4 is 0 Å². The molecule has 0 spiro atoms. The lowest BCUT2D eigenvalue weighted by Gasteiger charge is -2.07. The number of benzene rings is 2. The molecule has 1 heterocycles. The molecular formula is C23H18Cl2O6. The maximum absolute atomic E-state index is 13.5. The van der Waals surface area contributed by atoms with Crippen LogP contribution in [-0.2, 0) is 9.47 Å². The fourth-order valence-corrected chi connectivity index (χ4v) is 3.19. The topological polar surface area (TPSA) is 82.8 Å². The molecule has 0 fully saturated rings. The highest BCUT2D eigenvalue weighted by atomic mass is 35.5. The minimum Gasteiger partial charge on any atom is -0.462 e. The maximum Gasteiger partial charge on any atom is 0.375 e. The normalized spacial score (nSPS) is 10.6. The van der Waals surface area contributed by atoms with Crippen LogP contribution in [0.4, 0.5) is 0 Å². The van der Waals surface area contributed by atoms with Crippen LogP contribution in [0.3, 0.4) is 0 Å². The van der Waals surface area contributed by atoms with E-state index in [2.05, 4.69) is 0 Å². The van der Waals surface area contributed by atoms with Gasteiger partial charge in [-0.05, 0) is 62.4 Å². The SMILES string of the molecule is CCOC(=O)c1oc(-c2ccc(Cl)cc2)c(C(=O)c2ccc(Cl)cc2)c1C(=O)OCC. The molecule has 0 saturated heterocycles. The lowest BCUT2D eigenvalue weighted by atomic mass is 9.96. The highest BCUT2D eigenvalue weighted by Crippen LogP contribution is 2.35. The van der Waals surface area contributed by atoms with E-state index in [1.807, 2.05) is 0 Å². The van der Waals surface area contributed by atoms with Crippen molar-refractivity contribution in [2.24, 2.45) is 0 Å². The van der Waals surface area contributed by atoms with Crippen molar-refractivity contribution in [3.8, 4) is 11.3 Å². The molecule has 3 rings (SSSR count). The van der Waals surface area contributed by atoms with E-state index in [1.165, 1.54) is 12.1 Å². The number of rotatable bonds is 7. The predicted octanol–water partition coefficient (Wildman–Crippen LogP) is 5.84. The molecule has 0 radical (unpaired) electrons. The summed E-state index contributed by atoms with van der Waals surface area (Å²) in [7, 11) is 0. The van der Waals surface area contributed by atoms with Crippen molar-refractivity contribution in [2.75, 3.05) is 13.2 Å². The molecule has 3 aromatic rings. The number of halogens is 2. The summed E-state index contributed by atoms with van der Waals surface area (Å²) in [6.45, 7) is 3.32. The molecule has 0 bridgehead atoms. The molecule has 6 nitrogen and oxygen atoms in total. The molecule has 0 amide bonds. The molecule has 8 heteroatoms. The van der Waals surface area contributed by atoms with Gasteiger partial charge in [0.05, 0.1) is 18.8 Å². The molecule has 0 aliphatic carbocycles. The van der Waals surface area contributed by atoms with E-state index in [1.54, 1.807) is 50.2 Å². The second-order valence-electron chi connectivity index (χ2n) is 6.29. The third-order valence-corrected chi connectivity index (χ3v) is 4.79. The van der Waals surface area contributed by atoms with Gasteiger partial charge in [-0.1, -0.05) is 23.2 Å². The van der Waals surface area contributed by atoms with Crippen molar-refractivity contribution >= 4 is 40.9 Å². The second-order valence-corrected chi connectivity index (χ2v) is 7.17. The zero-order valence-electron chi connectivity index (χ0n) is 16.7. The van der Waals surface area contributed by atoms with Gasteiger partial charge >= 0.3 is 11.9 Å². The fraction of sp³-hybridized carbons (Fsp3) is 0.174. The highest BCUT2D eigenvalue weighted by Gasteiger charge is 2.35. The quantitative estimate of drug-likeness (QED) is 0.325. The minimum atomic E-state index is -0.879. The number of furan rings is 1. The van der Waals surface area contributed by atoms with E-state index in [0.717, 1.165) is 0 Å². The van der Waals surface area contributed by atoms with Gasteiger partial charge in [0.25, 0.3) is 0 Å². The van der Waals surface area contributed by atoms with E-state index in [0.29, 0.717) is 15.6 Å². The fourth-order valence-electron chi connectivity index (χ4n) is 2.94. The molecule has 31 heavy (non-hydrogen) atoms. The van der Waals surface area contributed by atoms with Gasteiger partial charge in [-0.2, -0.15) is 0 Å². The van der Waals surface area contributed by atoms with Crippen molar-refractivity contribution in [3.05, 3.63) is 81.0 Å². The Morgan fingerprint density at radius 3 is 1.84 bits per heavy atom. The predicted molar refractivity (Wildman–Crippen MR) is 116 cm³/mol. The first-order valence-corrected chi connectivity index (χ1v) is 10.2. The number of carbonyl (C=O) groups is 3. The lowest BCUT2D eigenvalue weighted by molar-refractivity contribution is 0.0452. The van der Waals surface area contributed by atoms with Gasteiger partial charge in [0, 0.05) is 21.2 Å². The largest absolute Gasteiger partial charge is 0.462 e. The number of carbonyl (C=O) groups excluding carboxylic acids is 3. The van der Waals surface area contributed by atoms with Crippen LogP contribution in [0.1, 0.15) is 50.7 Å². The van der Waals surface area contributed by atoms with Gasteiger partial charge in [-0.25, -0.2) is 9.59 Å². The molecule has 0 unspecified atom stereocenters. The Balaban J connectivity index is 2.30. The van der Waals surface area contributed by atoms with Crippen molar-refractivity contribution in [1.29, 1.82) is 0 Å². The number of hydrogen-bond donors (Lipinski definition) is 0. The Labute approximate surface area is 188 Å². The molecule has 0 N–H and O–H groups in total. The standard InChI is InChI=1S/C23H18Cl2O6/c1-3-29-22(27)18-17(19(26)13-5-9-15(24)10-6-13)20(14-7-11-16(25)12-8-14)31-21(18)23(28)30-4-2/h5-12H,3-4H2,1-2H3. The summed E-state index contributed by atoms with van der Waals surface area (Å²) >= 11 is 11.9. The number of hydrogen-bond acceptors (Lipinski definition) is 6. The second kappa shape index (κ2) is 9.81. The van der Waals surface area contributed by atoms with Crippen molar-refractivity contribution in [1.82, 2.24) is 0 Å². The third-order valence-electron chi connectivity index (χ3n) is 4.29. The number of ketones is 1. The molecule has 2 aromatic carbocycles. The lowest BCUT2D eigenvalue weighted by Crippen LogP contribution is -2.16. The van der Waals surface area contributed by atoms with Crippen molar-refractivity contribution < 1.29 is 28.3 Å². The molecule has 1 aromatic heterocycles. The summed E-state index contributed by atoms with van der Waals surface area (Å²) in [6.07, 6.45) is 0. The molecule has 0 atom stereocenters. The number of ether oxygens (including phenoxy) is 2. The summed E-state index contributed by atoms with van der Waals surface area (Å²) in [5, 5.41) is 0.914. The van der Waals surface area contributed by atoms with Gasteiger partial charge in [0.1, 0.15) is 11.3 Å². The highest BCUT2D eigenvalue weighted by molar-refractivity contribution is 6.31. The van der Waals surface area contributed by atoms with E-state index < -0.39 is 23.5 Å². The van der Waals surface area contributed by atoms with Crippen LogP contribution in [0.25, 0.3) is 11.3 Å². The molecule has 160 valence electrons. The monoisotopic (exact) mass is 460 g/mol. The Kier molecular flexibility index (Phi) is 7.15. The van der Waals surface area contributed by atoms with Crippen LogP contribution in [-0.4, -0.2) is 30.9 Å². The van der Waals surface area contributed by atoms with Crippen molar-refractivity contribution in [3.63, 3.8) is 0 Å². The Bertz CT molecular complexity index is 1110. The van der Waals surface area contributed by atoms with E-state index in [-0.39, 0.29) is 35.7 Å². The number of esters is 2. The zero-order chi connectivity index (χ0) is 22.5. The smallest absolute Gasteiger partial charge is 0.375 e. The Morgan fingerprint density at radius 2 is 1.29 bits per heavy atom. The first kappa shape index (κ1) is 22.6. The van der Waals surface area contributed by atoms with Gasteiger partial charge in [-0.3, -0.25) is 4.79 Å². The first-order valence-electron chi connectivity index (χ1n) is 9.44. The van der Waals surface area contributed by atoms with Crippen LogP contribution in [0.5, 0.6) is 0 Å². The summed E-state index contributed by atoms with van der Waals surface area (Å²) in [5.74, 6) is -2.66. The van der Waals surface area contributed by atoms with Crippen LogP contribution >= 0.6 is 23.2 Å². The average molecular weight is 461 g/mol. The van der Waals surface area contributed by atoms with Crippen LogP contribution in [0, 0.1) is 0 Å². The molecular weight excluding hydrogens is 443 g/mol. The third kappa shape index (κ3) is 4.81. The molecule has 0 saturated carbocycles. The van der Waals surface area contributed by atoms with Gasteiger partial charge in [0.2, 0.25) is 5.76 Å². The van der Waals surface area contributed by atoms with E-state index in [4.69, 9.17) is 37.1 Å². The van der Waals surface area contributed by atoms with E-state index in [9.17, 15) is 14.4 Å². The summed E-state index contributed by atoms with van der Waals surface area (Å²) in [4.78, 5) is 38.8. The molecule has 0 aliphatic heterocycles. The van der Waals surface area contributed by atoms with Crippen LogP contribution in [0.2, 0.25) is 10.0 Å². The Morgan fingerprint density at radius 1 is 0.774 bits per heavy atom. The average Bonchev–Trinajstić information content (AvgIpc) is 3.15. The van der Waals surface area contributed by atoms with Gasteiger partial charge < -0.3 is 13.9 Å². The zero-order valence-corrected chi connectivity index (χ0v) is 18.3. The van der Waals surface area contributed by atoms with Crippen molar-refractivity contribution in [2.45, 2.75) is 13.8 Å². The summed E-state index contributed by atoms with van der Waals surface area (Å²) in [6, 6.07) is 12.6. The van der Waals surface area contributed by atoms with Crippen LogP contribution in [0.15, 0.2) is 52.9 Å². The first-order chi connectivity index (χ1) is 14.9. The van der Waals surface area contributed by atoms with Gasteiger partial charge in [-0.15, -0.1) is 0 Å². The maximum atomic E-state index is 13.5. The van der Waals surface area contributed by atoms with Gasteiger partial charge in [0.15, 0.2) is 5.78 Å². The minimum absolute atomic E-state index is 0.0303. The Hall–Kier alpha value is -3.09. The summed E-state index contributed by atoms with van der Waals surface area (Å²) < 4.78 is 15.9. The van der Waals surface area contributed by atoms with E-state index >= 15 is 0 Å². The molecule has 0 aliphatic rings. The summed E-state index contributed by atoms with van der Waals surface area (Å²) in [5.41, 5.74) is 0.306.